The van der Waals surface area contributed by atoms with E-state index in [1.807, 2.05) is 0 Å². The number of ether oxygens (including phenoxy) is 1. The third-order valence-electron chi connectivity index (χ3n) is 2.76. The Morgan fingerprint density at radius 1 is 1.56 bits per heavy atom. The Bertz CT molecular complexity index is 400. The second kappa shape index (κ2) is 4.85. The van der Waals surface area contributed by atoms with Crippen molar-refractivity contribution in [3.63, 3.8) is 0 Å². The highest BCUT2D eigenvalue weighted by Gasteiger charge is 2.20. The van der Waals surface area contributed by atoms with Crippen LogP contribution in [0.1, 0.15) is 29.6 Å². The SMILES string of the molecule is Nc1ccc(C(=O)CC2CCCO2)cc1Cl. The molecule has 1 heterocycles. The number of Topliss-reactive ketones (excluding diaryl/α,β-unsaturated/α-hetero) is 1. The van der Waals surface area contributed by atoms with Crippen molar-refractivity contribution in [2.24, 2.45) is 0 Å². The summed E-state index contributed by atoms with van der Waals surface area (Å²) in [4.78, 5) is 11.9. The lowest BCUT2D eigenvalue weighted by atomic mass is 10.0. The molecular weight excluding hydrogens is 226 g/mol. The second-order valence-corrected chi connectivity index (χ2v) is 4.41. The van der Waals surface area contributed by atoms with Crippen LogP contribution in [0.2, 0.25) is 5.02 Å². The molecule has 0 aromatic heterocycles. The highest BCUT2D eigenvalue weighted by molar-refractivity contribution is 6.33. The van der Waals surface area contributed by atoms with Crippen LogP contribution in [0.3, 0.4) is 0 Å². The summed E-state index contributed by atoms with van der Waals surface area (Å²) in [5, 5.41) is 0.429. The highest BCUT2D eigenvalue weighted by atomic mass is 35.5. The van der Waals surface area contributed by atoms with Gasteiger partial charge >= 0.3 is 0 Å². The molecule has 0 saturated carbocycles. The van der Waals surface area contributed by atoms with E-state index in [4.69, 9.17) is 22.1 Å². The molecule has 1 atom stereocenters. The summed E-state index contributed by atoms with van der Waals surface area (Å²) in [6.45, 7) is 0.764. The van der Waals surface area contributed by atoms with Crippen LogP contribution in [-0.4, -0.2) is 18.5 Å². The minimum atomic E-state index is 0.0637. The summed E-state index contributed by atoms with van der Waals surface area (Å²) in [5.41, 5.74) is 6.69. The average molecular weight is 240 g/mol. The van der Waals surface area contributed by atoms with E-state index in [1.54, 1.807) is 18.2 Å². The minimum absolute atomic E-state index is 0.0637. The largest absolute Gasteiger partial charge is 0.398 e. The summed E-state index contributed by atoms with van der Waals surface area (Å²) >= 11 is 5.87. The van der Waals surface area contributed by atoms with Gasteiger partial charge in [0.25, 0.3) is 0 Å². The molecule has 86 valence electrons. The lowest BCUT2D eigenvalue weighted by Crippen LogP contribution is -2.12. The molecule has 3 nitrogen and oxygen atoms in total. The van der Waals surface area contributed by atoms with Crippen LogP contribution in [-0.2, 0) is 4.74 Å². The maximum Gasteiger partial charge on any atom is 0.165 e. The van der Waals surface area contributed by atoms with Crippen molar-refractivity contribution < 1.29 is 9.53 Å². The van der Waals surface area contributed by atoms with Crippen molar-refractivity contribution in [2.45, 2.75) is 25.4 Å². The predicted molar refractivity (Wildman–Crippen MR) is 63.8 cm³/mol. The van der Waals surface area contributed by atoms with Gasteiger partial charge in [0.1, 0.15) is 0 Å². The van der Waals surface area contributed by atoms with Gasteiger partial charge in [-0.15, -0.1) is 0 Å². The number of nitrogen functional groups attached to an aromatic ring is 1. The molecule has 4 heteroatoms. The van der Waals surface area contributed by atoms with Gasteiger partial charge in [0.05, 0.1) is 16.8 Å². The van der Waals surface area contributed by atoms with Crippen molar-refractivity contribution in [3.8, 4) is 0 Å². The van der Waals surface area contributed by atoms with Gasteiger partial charge in [-0.1, -0.05) is 11.6 Å². The third kappa shape index (κ3) is 2.54. The first-order valence-electron chi connectivity index (χ1n) is 5.36. The molecule has 1 fully saturated rings. The van der Waals surface area contributed by atoms with E-state index in [-0.39, 0.29) is 11.9 Å². The number of carbonyl (C=O) groups is 1. The zero-order chi connectivity index (χ0) is 11.5. The number of benzene rings is 1. The first-order valence-corrected chi connectivity index (χ1v) is 5.74. The van der Waals surface area contributed by atoms with Gasteiger partial charge in [0.2, 0.25) is 0 Å². The van der Waals surface area contributed by atoms with Gasteiger partial charge in [0, 0.05) is 18.6 Å². The fourth-order valence-corrected chi connectivity index (χ4v) is 2.01. The first-order chi connectivity index (χ1) is 7.66. The number of hydrogen-bond acceptors (Lipinski definition) is 3. The quantitative estimate of drug-likeness (QED) is 0.652. The number of nitrogens with two attached hydrogens (primary N) is 1. The van der Waals surface area contributed by atoms with Gasteiger partial charge in [-0.2, -0.15) is 0 Å². The standard InChI is InChI=1S/C12H14ClNO2/c13-10-6-8(3-4-11(10)14)12(15)7-9-2-1-5-16-9/h3-4,6,9H,1-2,5,7,14H2. The topological polar surface area (TPSA) is 52.3 Å². The van der Waals surface area contributed by atoms with Crippen molar-refractivity contribution >= 4 is 23.1 Å². The molecule has 0 amide bonds. The van der Waals surface area contributed by atoms with Gasteiger partial charge in [-0.3, -0.25) is 4.79 Å². The van der Waals surface area contributed by atoms with E-state index in [0.717, 1.165) is 19.4 Å². The van der Waals surface area contributed by atoms with E-state index in [9.17, 15) is 4.79 Å². The van der Waals surface area contributed by atoms with Gasteiger partial charge in [-0.05, 0) is 31.0 Å². The normalized spacial score (nSPS) is 19.9. The lowest BCUT2D eigenvalue weighted by Gasteiger charge is -2.08. The summed E-state index contributed by atoms with van der Waals surface area (Å²) in [5.74, 6) is 0.0637. The molecule has 2 rings (SSSR count). The molecule has 1 unspecified atom stereocenters. The van der Waals surface area contributed by atoms with Crippen LogP contribution in [0.5, 0.6) is 0 Å². The molecule has 1 aromatic carbocycles. The summed E-state index contributed by atoms with van der Waals surface area (Å²) < 4.78 is 5.42. The number of carbonyl (C=O) groups excluding carboxylic acids is 1. The van der Waals surface area contributed by atoms with Crippen molar-refractivity contribution in [3.05, 3.63) is 28.8 Å². The van der Waals surface area contributed by atoms with Crippen LogP contribution in [0.4, 0.5) is 5.69 Å². The maximum atomic E-state index is 11.9. The zero-order valence-corrected chi connectivity index (χ0v) is 9.67. The summed E-state index contributed by atoms with van der Waals surface area (Å²) in [6.07, 6.45) is 2.51. The molecule has 16 heavy (non-hydrogen) atoms. The minimum Gasteiger partial charge on any atom is -0.398 e. The van der Waals surface area contributed by atoms with E-state index in [0.29, 0.717) is 22.7 Å². The summed E-state index contributed by atoms with van der Waals surface area (Å²) in [7, 11) is 0. The van der Waals surface area contributed by atoms with Crippen LogP contribution in [0.15, 0.2) is 18.2 Å². The average Bonchev–Trinajstić information content (AvgIpc) is 2.74. The Hall–Kier alpha value is -1.06. The second-order valence-electron chi connectivity index (χ2n) is 4.00. The zero-order valence-electron chi connectivity index (χ0n) is 8.91. The predicted octanol–water partition coefficient (Wildman–Crippen LogP) is 2.67. The Labute approximate surface area is 99.5 Å². The molecule has 1 aliphatic heterocycles. The Balaban J connectivity index is 2.05. The number of hydrogen-bond donors (Lipinski definition) is 1. The molecular formula is C12H14ClNO2. The molecule has 0 bridgehead atoms. The number of halogens is 1. The fraction of sp³-hybridized carbons (Fsp3) is 0.417. The first kappa shape index (κ1) is 11.4. The van der Waals surface area contributed by atoms with Crippen LogP contribution >= 0.6 is 11.6 Å². The molecule has 1 saturated heterocycles. The number of ketones is 1. The monoisotopic (exact) mass is 239 g/mol. The third-order valence-corrected chi connectivity index (χ3v) is 3.09. The molecule has 0 radical (unpaired) electrons. The van der Waals surface area contributed by atoms with E-state index in [2.05, 4.69) is 0 Å². The van der Waals surface area contributed by atoms with Crippen LogP contribution < -0.4 is 5.73 Å². The Kier molecular flexibility index (Phi) is 3.46. The van der Waals surface area contributed by atoms with Gasteiger partial charge in [0.15, 0.2) is 5.78 Å². The van der Waals surface area contributed by atoms with Gasteiger partial charge < -0.3 is 10.5 Å². The maximum absolute atomic E-state index is 11.9. The van der Waals surface area contributed by atoms with Crippen LogP contribution in [0.25, 0.3) is 0 Å². The van der Waals surface area contributed by atoms with Gasteiger partial charge in [-0.25, -0.2) is 0 Å². The van der Waals surface area contributed by atoms with Crippen molar-refractivity contribution in [1.82, 2.24) is 0 Å². The highest BCUT2D eigenvalue weighted by Crippen LogP contribution is 2.22. The molecule has 2 N–H and O–H groups in total. The number of anilines is 1. The molecule has 0 spiro atoms. The van der Waals surface area contributed by atoms with E-state index >= 15 is 0 Å². The Morgan fingerprint density at radius 2 is 2.38 bits per heavy atom. The van der Waals surface area contributed by atoms with Crippen molar-refractivity contribution in [1.29, 1.82) is 0 Å². The fourth-order valence-electron chi connectivity index (χ4n) is 1.83. The van der Waals surface area contributed by atoms with E-state index in [1.165, 1.54) is 0 Å². The van der Waals surface area contributed by atoms with E-state index < -0.39 is 0 Å². The molecule has 1 aliphatic rings. The van der Waals surface area contributed by atoms with Crippen molar-refractivity contribution in [2.75, 3.05) is 12.3 Å². The molecule has 1 aromatic rings. The lowest BCUT2D eigenvalue weighted by molar-refractivity contribution is 0.0775. The van der Waals surface area contributed by atoms with Crippen LogP contribution in [0, 0.1) is 0 Å². The smallest absolute Gasteiger partial charge is 0.165 e. The number of rotatable bonds is 3. The summed E-state index contributed by atoms with van der Waals surface area (Å²) in [6, 6.07) is 4.98. The Morgan fingerprint density at radius 3 is 3.00 bits per heavy atom. The molecule has 0 aliphatic carbocycles.